The maximum absolute atomic E-state index is 9.54. The summed E-state index contributed by atoms with van der Waals surface area (Å²) >= 11 is 1.55. The van der Waals surface area contributed by atoms with Crippen molar-refractivity contribution < 1.29 is 0 Å². The summed E-state index contributed by atoms with van der Waals surface area (Å²) in [7, 11) is 0. The fourth-order valence-corrected chi connectivity index (χ4v) is 3.80. The van der Waals surface area contributed by atoms with Crippen LogP contribution in [-0.4, -0.2) is 20.9 Å². The molecule has 0 aliphatic carbocycles. The number of aromatic nitrogens is 3. The van der Waals surface area contributed by atoms with Gasteiger partial charge in [-0.1, -0.05) is 30.0 Å². The first kappa shape index (κ1) is 16.4. The van der Waals surface area contributed by atoms with Gasteiger partial charge >= 0.3 is 0 Å². The van der Waals surface area contributed by atoms with Gasteiger partial charge in [0.2, 0.25) is 0 Å². The lowest BCUT2D eigenvalue weighted by atomic mass is 10.2. The first-order chi connectivity index (χ1) is 12.8. The highest BCUT2D eigenvalue weighted by molar-refractivity contribution is 7.98. The normalized spacial score (nSPS) is 10.9. The Hall–Kier alpha value is -3.04. The van der Waals surface area contributed by atoms with Crippen LogP contribution < -0.4 is 5.32 Å². The van der Waals surface area contributed by atoms with E-state index in [0.29, 0.717) is 16.5 Å². The molecule has 5 nitrogen and oxygen atoms in total. The van der Waals surface area contributed by atoms with E-state index in [0.717, 1.165) is 34.3 Å². The van der Waals surface area contributed by atoms with Crippen LogP contribution in [0, 0.1) is 11.3 Å². The molecule has 0 atom stereocenters. The second-order valence-electron chi connectivity index (χ2n) is 5.83. The van der Waals surface area contributed by atoms with Crippen molar-refractivity contribution in [3.05, 3.63) is 66.0 Å². The Morgan fingerprint density at radius 1 is 1.15 bits per heavy atom. The zero-order chi connectivity index (χ0) is 17.9. The minimum absolute atomic E-state index is 0.647. The lowest BCUT2D eigenvalue weighted by Gasteiger charge is -2.09. The highest BCUT2D eigenvalue weighted by atomic mass is 32.2. The Labute approximate surface area is 155 Å². The molecule has 0 spiro atoms. The molecule has 0 fully saturated rings. The minimum atomic E-state index is 0.647. The summed E-state index contributed by atoms with van der Waals surface area (Å²) in [4.78, 5) is 9.33. The maximum atomic E-state index is 9.54. The topological polar surface area (TPSA) is 66.0 Å². The summed E-state index contributed by atoms with van der Waals surface area (Å²) in [5.41, 5.74) is 3.55. The molecule has 0 saturated carbocycles. The summed E-state index contributed by atoms with van der Waals surface area (Å²) < 4.78 is 1.99. The molecule has 26 heavy (non-hydrogen) atoms. The number of nitrogens with zero attached hydrogens (tertiary/aromatic N) is 4. The van der Waals surface area contributed by atoms with Crippen molar-refractivity contribution in [2.75, 3.05) is 11.9 Å². The van der Waals surface area contributed by atoms with Gasteiger partial charge in [0.1, 0.15) is 11.9 Å². The molecule has 0 unspecified atom stereocenters. The summed E-state index contributed by atoms with van der Waals surface area (Å²) in [6, 6.07) is 16.2. The Balaban J connectivity index is 1.67. The van der Waals surface area contributed by atoms with Gasteiger partial charge in [0.05, 0.1) is 16.6 Å². The zero-order valence-corrected chi connectivity index (χ0v) is 15.1. The number of rotatable bonds is 5. The number of pyridine rings is 1. The fourth-order valence-electron chi connectivity index (χ4n) is 2.98. The van der Waals surface area contributed by atoms with Gasteiger partial charge in [0, 0.05) is 30.1 Å². The first-order valence-electron chi connectivity index (χ1n) is 8.42. The lowest BCUT2D eigenvalue weighted by Crippen LogP contribution is -2.02. The van der Waals surface area contributed by atoms with E-state index in [9.17, 15) is 5.26 Å². The second-order valence-corrected chi connectivity index (χ2v) is 6.77. The molecule has 0 radical (unpaired) electrons. The van der Waals surface area contributed by atoms with Gasteiger partial charge in [-0.2, -0.15) is 5.26 Å². The third-order valence-corrected chi connectivity index (χ3v) is 5.05. The number of hydrogen-bond donors (Lipinski definition) is 1. The van der Waals surface area contributed by atoms with Gasteiger partial charge < -0.3 is 9.72 Å². The molecule has 0 bridgehead atoms. The third kappa shape index (κ3) is 2.98. The molecular formula is C20H17N5S. The number of benzene rings is 1. The smallest absolute Gasteiger partial charge is 0.190 e. The molecule has 0 aliphatic heterocycles. The van der Waals surface area contributed by atoms with Crippen LogP contribution in [0.4, 0.5) is 5.82 Å². The molecule has 128 valence electrons. The molecule has 0 amide bonds. The molecule has 4 rings (SSSR count). The van der Waals surface area contributed by atoms with E-state index >= 15 is 0 Å². The Kier molecular flexibility index (Phi) is 4.46. The number of thioether (sulfide) groups is 1. The molecule has 1 aromatic carbocycles. The molecular weight excluding hydrogens is 342 g/mol. The lowest BCUT2D eigenvalue weighted by molar-refractivity contribution is 0.992. The Morgan fingerprint density at radius 2 is 2.00 bits per heavy atom. The Bertz CT molecular complexity index is 1130. The molecule has 0 saturated heterocycles. The number of anilines is 1. The van der Waals surface area contributed by atoms with Crippen molar-refractivity contribution in [2.45, 2.75) is 17.8 Å². The quantitative estimate of drug-likeness (QED) is 0.420. The van der Waals surface area contributed by atoms with Crippen LogP contribution in [0.3, 0.4) is 0 Å². The van der Waals surface area contributed by atoms with Gasteiger partial charge in [0.25, 0.3) is 0 Å². The van der Waals surface area contributed by atoms with Crippen LogP contribution in [0.2, 0.25) is 0 Å². The molecule has 1 N–H and O–H groups in total. The third-order valence-electron chi connectivity index (χ3n) is 4.16. The Morgan fingerprint density at radius 3 is 2.85 bits per heavy atom. The van der Waals surface area contributed by atoms with E-state index in [2.05, 4.69) is 28.3 Å². The van der Waals surface area contributed by atoms with Gasteiger partial charge in [-0.3, -0.25) is 0 Å². The predicted molar refractivity (Wildman–Crippen MR) is 105 cm³/mol. The summed E-state index contributed by atoms with van der Waals surface area (Å²) in [6.45, 7) is 2.85. The molecule has 3 aromatic heterocycles. The number of para-hydroxylation sites is 1. The highest BCUT2D eigenvalue weighted by Crippen LogP contribution is 2.28. The molecule has 6 heteroatoms. The van der Waals surface area contributed by atoms with Crippen molar-refractivity contribution in [2.24, 2.45) is 0 Å². The average Bonchev–Trinajstić information content (AvgIpc) is 3.04. The fraction of sp³-hybridized carbons (Fsp3) is 0.150. The first-order valence-corrected chi connectivity index (χ1v) is 9.41. The summed E-state index contributed by atoms with van der Waals surface area (Å²) in [6.07, 6.45) is 3.97. The van der Waals surface area contributed by atoms with Gasteiger partial charge in [-0.25, -0.2) is 9.97 Å². The van der Waals surface area contributed by atoms with Crippen molar-refractivity contribution >= 4 is 34.0 Å². The van der Waals surface area contributed by atoms with E-state index in [1.54, 1.807) is 11.8 Å². The van der Waals surface area contributed by atoms with Gasteiger partial charge in [-0.15, -0.1) is 0 Å². The van der Waals surface area contributed by atoms with E-state index in [1.165, 1.54) is 0 Å². The average molecular weight is 359 g/mol. The maximum Gasteiger partial charge on any atom is 0.190 e. The predicted octanol–water partition coefficient (Wildman–Crippen LogP) is 4.48. The van der Waals surface area contributed by atoms with E-state index in [1.807, 2.05) is 59.3 Å². The van der Waals surface area contributed by atoms with E-state index < -0.39 is 0 Å². The molecule has 3 heterocycles. The minimum Gasteiger partial charge on any atom is -0.370 e. The van der Waals surface area contributed by atoms with Crippen LogP contribution in [0.1, 0.15) is 18.1 Å². The van der Waals surface area contributed by atoms with Gasteiger partial charge in [0.15, 0.2) is 5.16 Å². The standard InChI is InChI=1S/C20H17N5S/c1-2-22-19-15-7-3-4-8-17(15)23-20(24-19)26-13-14-12-25-10-6-5-9-18(25)16(14)11-21/h3-10,12H,2,13H2,1H3,(H,22,23,24). The zero-order valence-electron chi connectivity index (χ0n) is 14.3. The van der Waals surface area contributed by atoms with Crippen LogP contribution in [0.5, 0.6) is 0 Å². The van der Waals surface area contributed by atoms with Crippen LogP contribution >= 0.6 is 11.8 Å². The van der Waals surface area contributed by atoms with Crippen LogP contribution in [0.15, 0.2) is 60.0 Å². The summed E-state index contributed by atoms with van der Waals surface area (Å²) in [5, 5.41) is 14.6. The van der Waals surface area contributed by atoms with Crippen LogP contribution in [0.25, 0.3) is 16.4 Å². The van der Waals surface area contributed by atoms with E-state index in [-0.39, 0.29) is 0 Å². The second kappa shape index (κ2) is 7.06. The number of nitrogens with one attached hydrogen (secondary N) is 1. The van der Waals surface area contributed by atoms with Crippen LogP contribution in [-0.2, 0) is 5.75 Å². The molecule has 4 aromatic rings. The van der Waals surface area contributed by atoms with Crippen molar-refractivity contribution in [1.82, 2.24) is 14.4 Å². The largest absolute Gasteiger partial charge is 0.370 e. The van der Waals surface area contributed by atoms with Crippen molar-refractivity contribution in [1.29, 1.82) is 5.26 Å². The number of nitriles is 1. The molecule has 0 aliphatic rings. The monoisotopic (exact) mass is 359 g/mol. The van der Waals surface area contributed by atoms with Crippen molar-refractivity contribution in [3.63, 3.8) is 0 Å². The van der Waals surface area contributed by atoms with Gasteiger partial charge in [-0.05, 0) is 36.8 Å². The number of hydrogen-bond acceptors (Lipinski definition) is 5. The van der Waals surface area contributed by atoms with Crippen molar-refractivity contribution in [3.8, 4) is 6.07 Å². The highest BCUT2D eigenvalue weighted by Gasteiger charge is 2.12. The number of fused-ring (bicyclic) bond motifs is 2. The summed E-state index contributed by atoms with van der Waals surface area (Å²) in [5.74, 6) is 1.50. The van der Waals surface area contributed by atoms with E-state index in [4.69, 9.17) is 0 Å². The SMILES string of the molecule is CCNc1nc(SCc2cn3ccccc3c2C#N)nc2ccccc12.